The molecule has 1 N–H and O–H groups in total. The van der Waals surface area contributed by atoms with Crippen molar-refractivity contribution in [2.45, 2.75) is 26.2 Å². The lowest BCUT2D eigenvalue weighted by Crippen LogP contribution is -1.77. The molecule has 1 aromatic rings. The van der Waals surface area contributed by atoms with Crippen LogP contribution in [0.1, 0.15) is 31.7 Å². The van der Waals surface area contributed by atoms with Gasteiger partial charge in [0.15, 0.2) is 0 Å². The first-order valence-corrected chi connectivity index (χ1v) is 5.50. The van der Waals surface area contributed by atoms with Gasteiger partial charge in [0.25, 0.3) is 0 Å². The van der Waals surface area contributed by atoms with E-state index in [0.29, 0.717) is 5.56 Å². The van der Waals surface area contributed by atoms with Crippen LogP contribution in [0.5, 0.6) is 5.75 Å². The largest absolute Gasteiger partial charge is 0.507 e. The van der Waals surface area contributed by atoms with Gasteiger partial charge in [0.2, 0.25) is 0 Å². The van der Waals surface area contributed by atoms with Crippen LogP contribution in [0.15, 0.2) is 22.7 Å². The molecule has 0 saturated carbocycles. The molecule has 1 rings (SSSR count). The van der Waals surface area contributed by atoms with Crippen LogP contribution in [0.4, 0.5) is 0 Å². The molecule has 0 unspecified atom stereocenters. The molecule has 0 saturated heterocycles. The highest BCUT2D eigenvalue weighted by molar-refractivity contribution is 9.10. The number of rotatable bonds is 2. The molecule has 0 amide bonds. The van der Waals surface area contributed by atoms with Crippen LogP contribution >= 0.6 is 15.9 Å². The van der Waals surface area contributed by atoms with Gasteiger partial charge < -0.3 is 5.11 Å². The third-order valence-corrected chi connectivity index (χ3v) is 2.33. The van der Waals surface area contributed by atoms with Gasteiger partial charge in [-0.2, -0.15) is 0 Å². The number of unbranched alkanes of at least 4 members (excludes halogenated alkanes) is 2. The van der Waals surface area contributed by atoms with E-state index in [9.17, 15) is 5.11 Å². The molecule has 0 heterocycles. The summed E-state index contributed by atoms with van der Waals surface area (Å²) in [5, 5.41) is 9.47. The van der Waals surface area contributed by atoms with Gasteiger partial charge in [0.05, 0.1) is 5.56 Å². The van der Waals surface area contributed by atoms with E-state index in [1.165, 1.54) is 0 Å². The number of hydrogen-bond donors (Lipinski definition) is 1. The Morgan fingerprint density at radius 2 is 2.21 bits per heavy atom. The van der Waals surface area contributed by atoms with Gasteiger partial charge in [-0.1, -0.05) is 41.1 Å². The Bertz CT molecular complexity index is 360. The fraction of sp³-hybridized carbons (Fsp3) is 0.333. The fourth-order valence-corrected chi connectivity index (χ4v) is 1.39. The normalized spacial score (nSPS) is 9.29. The highest BCUT2D eigenvalue weighted by Gasteiger charge is 1.96. The molecule has 0 spiro atoms. The lowest BCUT2D eigenvalue weighted by Gasteiger charge is -1.96. The zero-order chi connectivity index (χ0) is 10.4. The van der Waals surface area contributed by atoms with E-state index in [1.807, 2.05) is 6.07 Å². The number of halogens is 1. The minimum atomic E-state index is 0.247. The Hall–Kier alpha value is -0.940. The van der Waals surface area contributed by atoms with E-state index < -0.39 is 0 Å². The van der Waals surface area contributed by atoms with Crippen molar-refractivity contribution in [3.8, 4) is 17.6 Å². The molecule has 0 radical (unpaired) electrons. The summed E-state index contributed by atoms with van der Waals surface area (Å²) in [4.78, 5) is 0. The highest BCUT2D eigenvalue weighted by atomic mass is 79.9. The van der Waals surface area contributed by atoms with Gasteiger partial charge in [-0.25, -0.2) is 0 Å². The molecule has 0 aromatic heterocycles. The van der Waals surface area contributed by atoms with E-state index >= 15 is 0 Å². The molecule has 0 bridgehead atoms. The smallest absolute Gasteiger partial charge is 0.131 e. The van der Waals surface area contributed by atoms with Gasteiger partial charge in [-0.3, -0.25) is 0 Å². The summed E-state index contributed by atoms with van der Waals surface area (Å²) in [5.41, 5.74) is 0.690. The van der Waals surface area contributed by atoms with E-state index in [4.69, 9.17) is 0 Å². The van der Waals surface area contributed by atoms with Crippen molar-refractivity contribution in [3.05, 3.63) is 28.2 Å². The fourth-order valence-electron chi connectivity index (χ4n) is 1.03. The molecule has 0 aliphatic carbocycles. The van der Waals surface area contributed by atoms with Crippen molar-refractivity contribution < 1.29 is 5.11 Å². The monoisotopic (exact) mass is 252 g/mol. The molecule has 0 atom stereocenters. The average Bonchev–Trinajstić information content (AvgIpc) is 2.18. The number of phenolic OH excluding ortho intramolecular Hbond substituents is 1. The van der Waals surface area contributed by atoms with Gasteiger partial charge in [0.1, 0.15) is 5.75 Å². The standard InChI is InChI=1S/C12H13BrO/c1-2-3-4-5-6-10-9-11(13)7-8-12(10)14/h7-9,14H,2-4H2,1H3. The van der Waals surface area contributed by atoms with E-state index in [2.05, 4.69) is 34.7 Å². The predicted molar refractivity (Wildman–Crippen MR) is 62.2 cm³/mol. The molecular weight excluding hydrogens is 240 g/mol. The van der Waals surface area contributed by atoms with Crippen LogP contribution in [-0.4, -0.2) is 5.11 Å². The van der Waals surface area contributed by atoms with Crippen molar-refractivity contribution in [3.63, 3.8) is 0 Å². The number of hydrogen-bond acceptors (Lipinski definition) is 1. The minimum absolute atomic E-state index is 0.247. The number of phenols is 1. The first-order valence-electron chi connectivity index (χ1n) is 4.71. The predicted octanol–water partition coefficient (Wildman–Crippen LogP) is 3.70. The van der Waals surface area contributed by atoms with Crippen LogP contribution in [0.25, 0.3) is 0 Å². The maximum absolute atomic E-state index is 9.47. The van der Waals surface area contributed by atoms with E-state index in [0.717, 1.165) is 23.7 Å². The third kappa shape index (κ3) is 3.43. The summed E-state index contributed by atoms with van der Waals surface area (Å²) in [6.07, 6.45) is 3.16. The van der Waals surface area contributed by atoms with Crippen LogP contribution < -0.4 is 0 Å². The zero-order valence-corrected chi connectivity index (χ0v) is 9.76. The van der Waals surface area contributed by atoms with Crippen molar-refractivity contribution in [2.75, 3.05) is 0 Å². The summed E-state index contributed by atoms with van der Waals surface area (Å²) in [6, 6.07) is 5.27. The second kappa shape index (κ2) is 5.72. The lowest BCUT2D eigenvalue weighted by atomic mass is 10.2. The average molecular weight is 253 g/mol. The molecule has 74 valence electrons. The molecule has 1 nitrogen and oxygen atoms in total. The summed E-state index contributed by atoms with van der Waals surface area (Å²) in [7, 11) is 0. The number of aromatic hydroxyl groups is 1. The molecule has 2 heteroatoms. The Morgan fingerprint density at radius 1 is 1.43 bits per heavy atom. The van der Waals surface area contributed by atoms with Gasteiger partial charge in [-0.05, 0) is 24.6 Å². The van der Waals surface area contributed by atoms with E-state index in [-0.39, 0.29) is 5.75 Å². The Morgan fingerprint density at radius 3 is 2.93 bits per heavy atom. The third-order valence-electron chi connectivity index (χ3n) is 1.84. The van der Waals surface area contributed by atoms with Crippen LogP contribution in [-0.2, 0) is 0 Å². The van der Waals surface area contributed by atoms with Crippen molar-refractivity contribution >= 4 is 15.9 Å². The van der Waals surface area contributed by atoms with Gasteiger partial charge >= 0.3 is 0 Å². The van der Waals surface area contributed by atoms with E-state index in [1.54, 1.807) is 12.1 Å². The van der Waals surface area contributed by atoms with Crippen LogP contribution in [0, 0.1) is 11.8 Å². The number of benzene rings is 1. The van der Waals surface area contributed by atoms with Crippen LogP contribution in [0.2, 0.25) is 0 Å². The second-order valence-electron chi connectivity index (χ2n) is 3.07. The van der Waals surface area contributed by atoms with Crippen molar-refractivity contribution in [1.29, 1.82) is 0 Å². The minimum Gasteiger partial charge on any atom is -0.507 e. The zero-order valence-electron chi connectivity index (χ0n) is 8.18. The first-order chi connectivity index (χ1) is 6.74. The Balaban J connectivity index is 2.73. The Kier molecular flexibility index (Phi) is 4.55. The SMILES string of the molecule is CCCCC#Cc1cc(Br)ccc1O. The summed E-state index contributed by atoms with van der Waals surface area (Å²) >= 11 is 3.34. The lowest BCUT2D eigenvalue weighted by molar-refractivity contribution is 0.473. The molecule has 1 aromatic carbocycles. The molecule has 0 fully saturated rings. The quantitative estimate of drug-likeness (QED) is 0.629. The summed E-state index contributed by atoms with van der Waals surface area (Å²) in [5.74, 6) is 6.25. The topological polar surface area (TPSA) is 20.2 Å². The molecule has 0 aliphatic heterocycles. The van der Waals surface area contributed by atoms with Gasteiger partial charge in [0, 0.05) is 10.9 Å². The summed E-state index contributed by atoms with van der Waals surface area (Å²) in [6.45, 7) is 2.14. The second-order valence-corrected chi connectivity index (χ2v) is 3.98. The van der Waals surface area contributed by atoms with Crippen molar-refractivity contribution in [2.24, 2.45) is 0 Å². The summed E-state index contributed by atoms with van der Waals surface area (Å²) < 4.78 is 0.940. The maximum atomic E-state index is 9.47. The maximum Gasteiger partial charge on any atom is 0.131 e. The highest BCUT2D eigenvalue weighted by Crippen LogP contribution is 2.20. The van der Waals surface area contributed by atoms with Crippen molar-refractivity contribution in [1.82, 2.24) is 0 Å². The molecule has 14 heavy (non-hydrogen) atoms. The van der Waals surface area contributed by atoms with Gasteiger partial charge in [-0.15, -0.1) is 0 Å². The molecular formula is C12H13BrO. The first kappa shape index (κ1) is 11.1. The van der Waals surface area contributed by atoms with Crippen LogP contribution in [0.3, 0.4) is 0 Å². The Labute approximate surface area is 93.3 Å². The molecule has 0 aliphatic rings.